The molecule has 1 atom stereocenters. The highest BCUT2D eigenvalue weighted by Gasteiger charge is 2.36. The average Bonchev–Trinajstić information content (AvgIpc) is 3.34. The second-order valence-electron chi connectivity index (χ2n) is 10.7. The van der Waals surface area contributed by atoms with E-state index in [9.17, 15) is 18.0 Å². The van der Waals surface area contributed by atoms with Gasteiger partial charge in [0.15, 0.2) is 11.6 Å². The van der Waals surface area contributed by atoms with Crippen LogP contribution in [0.25, 0.3) is 0 Å². The Balaban J connectivity index is 1.33. The SMILES string of the molecule is Cc1cc(Nc2ccnc(C3CN(C)CCN3C(=O)Nc3ccc(CN4CCN(C)CC4)c(C(F)(F)F)c3)n2)n[nH]1. The number of alkyl halides is 3. The maximum absolute atomic E-state index is 14.1. The van der Waals surface area contributed by atoms with Crippen molar-refractivity contribution in [3.8, 4) is 0 Å². The second-order valence-corrected chi connectivity index (χ2v) is 10.7. The molecule has 0 spiro atoms. The van der Waals surface area contributed by atoms with Crippen molar-refractivity contribution in [3.63, 3.8) is 0 Å². The van der Waals surface area contributed by atoms with Gasteiger partial charge < -0.3 is 25.3 Å². The van der Waals surface area contributed by atoms with Crippen LogP contribution in [0.4, 0.5) is 35.3 Å². The number of urea groups is 1. The van der Waals surface area contributed by atoms with Gasteiger partial charge in [0.25, 0.3) is 0 Å². The van der Waals surface area contributed by atoms with Gasteiger partial charge in [-0.1, -0.05) is 6.07 Å². The van der Waals surface area contributed by atoms with Crippen molar-refractivity contribution in [3.05, 3.63) is 59.2 Å². The van der Waals surface area contributed by atoms with Crippen LogP contribution < -0.4 is 10.6 Å². The van der Waals surface area contributed by atoms with Crippen LogP contribution in [-0.4, -0.2) is 106 Å². The minimum Gasteiger partial charge on any atom is -0.323 e. The number of piperazine rings is 2. The van der Waals surface area contributed by atoms with Crippen LogP contribution >= 0.6 is 0 Å². The third-order valence-corrected chi connectivity index (χ3v) is 7.44. The van der Waals surface area contributed by atoms with E-state index in [2.05, 4.69) is 40.6 Å². The molecule has 3 aromatic rings. The van der Waals surface area contributed by atoms with Gasteiger partial charge in [0.05, 0.1) is 5.56 Å². The van der Waals surface area contributed by atoms with Crippen molar-refractivity contribution < 1.29 is 18.0 Å². The first-order valence-corrected chi connectivity index (χ1v) is 13.5. The quantitative estimate of drug-likeness (QED) is 0.412. The Kier molecular flexibility index (Phi) is 8.42. The summed E-state index contributed by atoms with van der Waals surface area (Å²) in [6.45, 7) is 6.56. The fourth-order valence-corrected chi connectivity index (χ4v) is 5.10. The molecule has 0 radical (unpaired) electrons. The number of rotatable bonds is 6. The molecule has 1 aromatic carbocycles. The standard InChI is InChI=1S/C27H35F3N10O/c1-18-14-24(36-35-18)33-23-6-7-31-25(34-23)22-17-38(3)10-13-40(22)26(41)32-20-5-4-19(21(15-20)27(28,29)30)16-39-11-8-37(2)9-12-39/h4-7,14-15,22H,8-13,16-17H2,1-3H3,(H,32,41)(H2,31,33,34,35,36). The number of carbonyl (C=O) groups is 1. The number of hydrogen-bond acceptors (Lipinski definition) is 8. The van der Waals surface area contributed by atoms with Gasteiger partial charge in [-0.15, -0.1) is 0 Å². The molecular formula is C27H35F3N10O. The molecule has 0 bridgehead atoms. The zero-order chi connectivity index (χ0) is 29.1. The number of anilines is 3. The van der Waals surface area contributed by atoms with Crippen LogP contribution in [0, 0.1) is 6.92 Å². The number of aromatic nitrogens is 4. The molecule has 2 fully saturated rings. The Morgan fingerprint density at radius 2 is 1.78 bits per heavy atom. The molecule has 4 heterocycles. The van der Waals surface area contributed by atoms with E-state index < -0.39 is 23.8 Å². The maximum atomic E-state index is 14.1. The van der Waals surface area contributed by atoms with Gasteiger partial charge in [0, 0.05) is 76.0 Å². The Bertz CT molecular complexity index is 1360. The number of H-pyrrole nitrogens is 1. The van der Waals surface area contributed by atoms with Crippen LogP contribution in [0.1, 0.15) is 28.7 Å². The lowest BCUT2D eigenvalue weighted by molar-refractivity contribution is -0.138. The van der Waals surface area contributed by atoms with Crippen molar-refractivity contribution in [1.82, 2.24) is 39.8 Å². The van der Waals surface area contributed by atoms with E-state index >= 15 is 0 Å². The Morgan fingerprint density at radius 1 is 1.02 bits per heavy atom. The number of nitrogens with one attached hydrogen (secondary N) is 3. The summed E-state index contributed by atoms with van der Waals surface area (Å²) in [5, 5.41) is 12.8. The lowest BCUT2D eigenvalue weighted by atomic mass is 10.0. The molecule has 3 N–H and O–H groups in total. The van der Waals surface area contributed by atoms with Gasteiger partial charge in [0.1, 0.15) is 11.9 Å². The average molecular weight is 573 g/mol. The van der Waals surface area contributed by atoms with Crippen molar-refractivity contribution >= 4 is 23.4 Å². The van der Waals surface area contributed by atoms with Gasteiger partial charge in [-0.25, -0.2) is 14.8 Å². The van der Waals surface area contributed by atoms with Gasteiger partial charge >= 0.3 is 12.2 Å². The van der Waals surface area contributed by atoms with Crippen molar-refractivity contribution in [1.29, 1.82) is 0 Å². The first kappa shape index (κ1) is 28.8. The smallest absolute Gasteiger partial charge is 0.323 e. The van der Waals surface area contributed by atoms with Crippen LogP contribution in [-0.2, 0) is 12.7 Å². The van der Waals surface area contributed by atoms with Gasteiger partial charge in [0.2, 0.25) is 0 Å². The predicted octanol–water partition coefficient (Wildman–Crippen LogP) is 3.54. The van der Waals surface area contributed by atoms with Gasteiger partial charge in [-0.05, 0) is 44.8 Å². The Morgan fingerprint density at radius 3 is 2.49 bits per heavy atom. The summed E-state index contributed by atoms with van der Waals surface area (Å²) in [7, 11) is 3.94. The van der Waals surface area contributed by atoms with E-state index in [1.54, 1.807) is 17.2 Å². The summed E-state index contributed by atoms with van der Waals surface area (Å²) in [4.78, 5) is 30.3. The molecule has 5 rings (SSSR count). The van der Waals surface area contributed by atoms with E-state index in [1.807, 2.05) is 32.0 Å². The number of halogens is 3. The lowest BCUT2D eigenvalue weighted by Crippen LogP contribution is -2.51. The second kappa shape index (κ2) is 12.0. The summed E-state index contributed by atoms with van der Waals surface area (Å²) in [5.74, 6) is 1.53. The zero-order valence-electron chi connectivity index (χ0n) is 23.4. The molecule has 11 nitrogen and oxygen atoms in total. The van der Waals surface area contributed by atoms with E-state index in [0.717, 1.165) is 24.8 Å². The summed E-state index contributed by atoms with van der Waals surface area (Å²) >= 11 is 0. The summed E-state index contributed by atoms with van der Waals surface area (Å²) in [6, 6.07) is 6.56. The number of hydrogen-bond donors (Lipinski definition) is 3. The summed E-state index contributed by atoms with van der Waals surface area (Å²) < 4.78 is 42.2. The van der Waals surface area contributed by atoms with Crippen LogP contribution in [0.5, 0.6) is 0 Å². The number of aryl methyl sites for hydroxylation is 1. The van der Waals surface area contributed by atoms with E-state index in [0.29, 0.717) is 50.2 Å². The summed E-state index contributed by atoms with van der Waals surface area (Å²) in [5.41, 5.74) is 0.439. The Hall–Kier alpha value is -3.75. The number of likely N-dealkylation sites (N-methyl/N-ethyl adjacent to an activating group) is 2. The van der Waals surface area contributed by atoms with Crippen LogP contribution in [0.2, 0.25) is 0 Å². The zero-order valence-corrected chi connectivity index (χ0v) is 23.4. The fourth-order valence-electron chi connectivity index (χ4n) is 5.10. The molecule has 0 aliphatic carbocycles. The molecule has 2 aliphatic heterocycles. The van der Waals surface area contributed by atoms with Crippen LogP contribution in [0.3, 0.4) is 0 Å². The third kappa shape index (κ3) is 7.13. The Labute approximate surface area is 236 Å². The summed E-state index contributed by atoms with van der Waals surface area (Å²) in [6.07, 6.45) is -2.95. The minimum absolute atomic E-state index is 0.0902. The normalized spacial score (nSPS) is 19.4. The third-order valence-electron chi connectivity index (χ3n) is 7.44. The highest BCUT2D eigenvalue weighted by molar-refractivity contribution is 5.90. The van der Waals surface area contributed by atoms with Crippen molar-refractivity contribution in [2.45, 2.75) is 25.7 Å². The number of benzene rings is 1. The molecule has 0 saturated carbocycles. The van der Waals surface area contributed by atoms with Crippen molar-refractivity contribution in [2.75, 3.05) is 70.5 Å². The molecular weight excluding hydrogens is 537 g/mol. The molecule has 14 heteroatoms. The highest BCUT2D eigenvalue weighted by Crippen LogP contribution is 2.35. The van der Waals surface area contributed by atoms with E-state index in [1.165, 1.54) is 12.1 Å². The predicted molar refractivity (Wildman–Crippen MR) is 149 cm³/mol. The molecule has 2 aliphatic rings. The maximum Gasteiger partial charge on any atom is 0.416 e. The van der Waals surface area contributed by atoms with Gasteiger partial charge in [-0.2, -0.15) is 18.3 Å². The number of aromatic amines is 1. The molecule has 2 saturated heterocycles. The van der Waals surface area contributed by atoms with E-state index in [4.69, 9.17) is 0 Å². The number of nitrogens with zero attached hydrogens (tertiary/aromatic N) is 7. The molecule has 2 amide bonds. The number of carbonyl (C=O) groups excluding carboxylic acids is 1. The van der Waals surface area contributed by atoms with Crippen molar-refractivity contribution in [2.24, 2.45) is 0 Å². The first-order valence-electron chi connectivity index (χ1n) is 13.5. The minimum atomic E-state index is -4.55. The first-order chi connectivity index (χ1) is 19.5. The molecule has 41 heavy (non-hydrogen) atoms. The topological polar surface area (TPSA) is 109 Å². The highest BCUT2D eigenvalue weighted by atomic mass is 19.4. The largest absolute Gasteiger partial charge is 0.416 e. The monoisotopic (exact) mass is 572 g/mol. The number of amides is 2. The van der Waals surface area contributed by atoms with Gasteiger partial charge in [-0.3, -0.25) is 10.00 Å². The molecule has 2 aromatic heterocycles. The van der Waals surface area contributed by atoms with E-state index in [-0.39, 0.29) is 17.8 Å². The lowest BCUT2D eigenvalue weighted by Gasteiger charge is -2.39. The molecule has 1 unspecified atom stereocenters. The van der Waals surface area contributed by atoms with Crippen LogP contribution in [0.15, 0.2) is 36.5 Å². The molecule has 220 valence electrons. The fraction of sp³-hybridized carbons (Fsp3) is 0.481.